The molecule has 0 amide bonds. The topological polar surface area (TPSA) is 9.72 Å². The van der Waals surface area contributed by atoms with Crippen LogP contribution in [0.15, 0.2) is 364 Å². The maximum atomic E-state index is 2.62. The third-order valence-corrected chi connectivity index (χ3v) is 22.6. The first kappa shape index (κ1) is 54.2. The zero-order valence-electron chi connectivity index (χ0n) is 53.1. The maximum absolute atomic E-state index is 2.62. The van der Waals surface area contributed by atoms with Crippen LogP contribution >= 0.6 is 0 Å². The normalized spacial score (nSPS) is 15.0. The van der Waals surface area contributed by atoms with Crippen molar-refractivity contribution >= 4 is 74.3 Å². The van der Waals surface area contributed by atoms with E-state index in [-0.39, 0.29) is 6.71 Å². The Morgan fingerprint density at radius 1 is 0.175 bits per heavy atom. The van der Waals surface area contributed by atoms with Gasteiger partial charge >= 0.3 is 0 Å². The standard InChI is InChI=1S/C93H60BN3/c1-7-28-61(29-8-1)91(62-30-9-2-10-31-62)78-45-24-21-42-72(78)75-58-67(54-57-79(75)91)95-82-46-25-48-84-88(82)94-89-83(95)47-26-49-85(89)97(69-53-56-74-71-41-20-23-44-77(71)93(81(74)60-69,65-36-15-5-16-37-65)66-38-17-6-18-39-66)87-51-27-50-86(90(87)94)96(84)68-52-55-73-70-40-19-22-43-76(70)92(80(73)59-68,63-32-11-3-12-33-63)64-34-13-4-14-35-64/h1-60H. The average molecular weight is 1230 g/mol. The van der Waals surface area contributed by atoms with Gasteiger partial charge in [-0.1, -0.05) is 291 Å². The first-order valence-corrected chi connectivity index (χ1v) is 34.0. The molecule has 0 aromatic heterocycles. The summed E-state index contributed by atoms with van der Waals surface area (Å²) < 4.78 is 0. The minimum atomic E-state index is -0.594. The number of hydrogen-bond acceptors (Lipinski definition) is 3. The van der Waals surface area contributed by atoms with Crippen molar-refractivity contribution in [3.63, 3.8) is 0 Å². The summed E-state index contributed by atoms with van der Waals surface area (Å²) in [4.78, 5) is 7.85. The van der Waals surface area contributed by atoms with Crippen molar-refractivity contribution in [3.8, 4) is 33.4 Å². The Bertz CT molecular complexity index is 5360. The first-order chi connectivity index (χ1) is 48.2. The van der Waals surface area contributed by atoms with Crippen molar-refractivity contribution in [2.75, 3.05) is 14.7 Å². The fourth-order valence-electron chi connectivity index (χ4n) is 19.1. The van der Waals surface area contributed by atoms with Gasteiger partial charge < -0.3 is 14.7 Å². The van der Waals surface area contributed by atoms with Crippen molar-refractivity contribution in [2.45, 2.75) is 16.2 Å². The van der Waals surface area contributed by atoms with Crippen LogP contribution in [0.1, 0.15) is 66.8 Å². The lowest BCUT2D eigenvalue weighted by Gasteiger charge is -2.49. The molecule has 0 radical (unpaired) electrons. The Kier molecular flexibility index (Phi) is 11.4. The molecule has 97 heavy (non-hydrogen) atoms. The van der Waals surface area contributed by atoms with Gasteiger partial charge in [-0.3, -0.25) is 0 Å². The Labute approximate surface area is 565 Å². The van der Waals surface area contributed by atoms with E-state index in [1.165, 1.54) is 151 Å². The lowest BCUT2D eigenvalue weighted by molar-refractivity contribution is 0.768. The van der Waals surface area contributed by atoms with Crippen LogP contribution in [0.2, 0.25) is 0 Å². The SMILES string of the molecule is c1ccc(C2(c3ccccc3)c3ccccc3-c3cc(N4c5cccc6c5B5c7c4cccc7N(c4ccc7c(c4)C(c4ccccc4)(c4ccccc4)c4ccccc4-7)c4cccc(c45)N6c4ccc5c(c4)C(c4ccccc4)(c4ccccc4)c4ccccc4-5)ccc32)cc1. The fourth-order valence-corrected chi connectivity index (χ4v) is 19.1. The van der Waals surface area contributed by atoms with Gasteiger partial charge in [0.1, 0.15) is 0 Å². The number of fused-ring (bicyclic) bond motifs is 9. The van der Waals surface area contributed by atoms with E-state index in [0.717, 1.165) is 17.1 Å². The van der Waals surface area contributed by atoms with Gasteiger partial charge in [-0.25, -0.2) is 0 Å². The van der Waals surface area contributed by atoms with Crippen LogP contribution in [0, 0.1) is 0 Å². The van der Waals surface area contributed by atoms with Crippen LogP contribution in [0.25, 0.3) is 33.4 Å². The number of benzene rings is 15. The predicted octanol–water partition coefficient (Wildman–Crippen LogP) is 20.6. The summed E-state index contributed by atoms with van der Waals surface area (Å²) in [5.74, 6) is 0. The van der Waals surface area contributed by atoms with E-state index < -0.39 is 16.2 Å². The second kappa shape index (κ2) is 20.4. The molecule has 0 N–H and O–H groups in total. The van der Waals surface area contributed by atoms with Gasteiger partial charge in [0.2, 0.25) is 0 Å². The molecule has 6 aliphatic rings. The van der Waals surface area contributed by atoms with Gasteiger partial charge in [-0.2, -0.15) is 0 Å². The lowest BCUT2D eigenvalue weighted by Crippen LogP contribution is -2.64. The second-order valence-electron chi connectivity index (χ2n) is 26.8. The molecule has 0 saturated carbocycles. The molecule has 0 spiro atoms. The van der Waals surface area contributed by atoms with Crippen LogP contribution in [0.5, 0.6) is 0 Å². The summed E-state index contributed by atoms with van der Waals surface area (Å²) in [6, 6.07) is 138. The first-order valence-electron chi connectivity index (χ1n) is 34.0. The van der Waals surface area contributed by atoms with Crippen molar-refractivity contribution in [2.24, 2.45) is 0 Å². The number of rotatable bonds is 9. The summed E-state index contributed by atoms with van der Waals surface area (Å²) in [5, 5.41) is 0. The van der Waals surface area contributed by atoms with Crippen LogP contribution < -0.4 is 31.1 Å². The fraction of sp³-hybridized carbons (Fsp3) is 0.0323. The van der Waals surface area contributed by atoms with Crippen molar-refractivity contribution in [3.05, 3.63) is 431 Å². The molecule has 0 fully saturated rings. The lowest BCUT2D eigenvalue weighted by atomic mass is 9.32. The summed E-state index contributed by atoms with van der Waals surface area (Å²) in [5.41, 5.74) is 35.3. The predicted molar refractivity (Wildman–Crippen MR) is 401 cm³/mol. The minimum Gasteiger partial charge on any atom is -0.311 e. The third-order valence-electron chi connectivity index (χ3n) is 22.6. The molecular weight excluding hydrogens is 1170 g/mol. The van der Waals surface area contributed by atoms with Gasteiger partial charge in [-0.05, 0) is 189 Å². The third kappa shape index (κ3) is 7.05. The highest BCUT2D eigenvalue weighted by Gasteiger charge is 2.53. The minimum absolute atomic E-state index is 0.107. The van der Waals surface area contributed by atoms with Crippen molar-refractivity contribution < 1.29 is 0 Å². The van der Waals surface area contributed by atoms with Gasteiger partial charge in [-0.15, -0.1) is 0 Å². The summed E-state index contributed by atoms with van der Waals surface area (Å²) in [7, 11) is 0. The number of hydrogen-bond donors (Lipinski definition) is 0. The van der Waals surface area contributed by atoms with Gasteiger partial charge in [0.15, 0.2) is 0 Å². The van der Waals surface area contributed by atoms with Crippen molar-refractivity contribution in [1.82, 2.24) is 0 Å². The van der Waals surface area contributed by atoms with E-state index in [4.69, 9.17) is 0 Å². The highest BCUT2D eigenvalue weighted by molar-refractivity contribution is 7.02. The van der Waals surface area contributed by atoms with Gasteiger partial charge in [0.25, 0.3) is 6.71 Å². The average Bonchev–Trinajstić information content (AvgIpc) is 1.35. The summed E-state index contributed by atoms with van der Waals surface area (Å²) in [6.07, 6.45) is 0. The van der Waals surface area contributed by atoms with Crippen LogP contribution in [0.4, 0.5) is 51.2 Å². The van der Waals surface area contributed by atoms with E-state index in [1.54, 1.807) is 0 Å². The second-order valence-corrected chi connectivity index (χ2v) is 26.8. The molecule has 3 aliphatic heterocycles. The molecule has 3 heterocycles. The highest BCUT2D eigenvalue weighted by Crippen LogP contribution is 2.62. The van der Waals surface area contributed by atoms with Gasteiger partial charge in [0.05, 0.1) is 16.2 Å². The molecule has 450 valence electrons. The van der Waals surface area contributed by atoms with Crippen molar-refractivity contribution in [1.29, 1.82) is 0 Å². The summed E-state index contributed by atoms with van der Waals surface area (Å²) >= 11 is 0. The molecule has 3 aliphatic carbocycles. The van der Waals surface area contributed by atoms with E-state index >= 15 is 0 Å². The molecule has 0 unspecified atom stereocenters. The molecule has 15 aromatic rings. The molecule has 0 atom stereocenters. The van der Waals surface area contributed by atoms with Crippen LogP contribution in [-0.2, 0) is 16.2 Å². The molecule has 0 bridgehead atoms. The summed E-state index contributed by atoms with van der Waals surface area (Å²) in [6.45, 7) is -0.107. The van der Waals surface area contributed by atoms with E-state index in [2.05, 4.69) is 379 Å². The maximum Gasteiger partial charge on any atom is 0.257 e. The molecule has 15 aromatic carbocycles. The van der Waals surface area contributed by atoms with Crippen LogP contribution in [-0.4, -0.2) is 6.71 Å². The molecule has 3 nitrogen and oxygen atoms in total. The quantitative estimate of drug-likeness (QED) is 0.133. The molecule has 4 heteroatoms. The Hall–Kier alpha value is -12.2. The highest BCUT2D eigenvalue weighted by atomic mass is 15.2. The Morgan fingerprint density at radius 3 is 0.732 bits per heavy atom. The van der Waals surface area contributed by atoms with E-state index in [0.29, 0.717) is 0 Å². The Balaban J connectivity index is 0.837. The monoisotopic (exact) mass is 1230 g/mol. The zero-order valence-corrected chi connectivity index (χ0v) is 53.1. The van der Waals surface area contributed by atoms with E-state index in [1.807, 2.05) is 0 Å². The Morgan fingerprint density at radius 2 is 0.412 bits per heavy atom. The number of nitrogens with zero attached hydrogens (tertiary/aromatic N) is 3. The molecule has 0 saturated heterocycles. The molecule has 21 rings (SSSR count). The zero-order chi connectivity index (χ0) is 63.6. The van der Waals surface area contributed by atoms with E-state index in [9.17, 15) is 0 Å². The number of anilines is 9. The van der Waals surface area contributed by atoms with Gasteiger partial charge in [0, 0.05) is 51.2 Å². The smallest absolute Gasteiger partial charge is 0.257 e. The largest absolute Gasteiger partial charge is 0.311 e. The molecular formula is C93H60BN3. The van der Waals surface area contributed by atoms with Crippen LogP contribution in [0.3, 0.4) is 0 Å².